The summed E-state index contributed by atoms with van der Waals surface area (Å²) in [5.74, 6) is -0.969. The largest absolute Gasteiger partial charge is 0.369 e. The molecular weight excluding hydrogens is 318 g/mol. The molecule has 6 heteroatoms. The lowest BCUT2D eigenvalue weighted by molar-refractivity contribution is -0.123. The van der Waals surface area contributed by atoms with Crippen molar-refractivity contribution in [3.8, 4) is 0 Å². The Balaban J connectivity index is 2.07. The van der Waals surface area contributed by atoms with Crippen molar-refractivity contribution in [1.29, 1.82) is 0 Å². The number of carbonyl (C=O) groups is 3. The maximum atomic E-state index is 12.0. The van der Waals surface area contributed by atoms with Crippen LogP contribution in [0.2, 0.25) is 0 Å². The summed E-state index contributed by atoms with van der Waals surface area (Å²) in [6.45, 7) is 8.60. The van der Waals surface area contributed by atoms with E-state index in [1.165, 1.54) is 11.3 Å². The van der Waals surface area contributed by atoms with Crippen LogP contribution in [0, 0.1) is 6.92 Å². The van der Waals surface area contributed by atoms with Gasteiger partial charge in [0.15, 0.2) is 0 Å². The fourth-order valence-corrected chi connectivity index (χ4v) is 3.65. The van der Waals surface area contributed by atoms with Gasteiger partial charge in [-0.15, -0.1) is 0 Å². The molecule has 3 rings (SSSR count). The van der Waals surface area contributed by atoms with Gasteiger partial charge in [-0.3, -0.25) is 20.2 Å². The smallest absolute Gasteiger partial charge is 0.328 e. The molecule has 2 aliphatic rings. The second-order valence-electron chi connectivity index (χ2n) is 7.54. The number of rotatable bonds is 1. The highest BCUT2D eigenvalue weighted by Crippen LogP contribution is 2.43. The van der Waals surface area contributed by atoms with Crippen molar-refractivity contribution in [3.05, 3.63) is 34.4 Å². The van der Waals surface area contributed by atoms with Crippen LogP contribution in [0.5, 0.6) is 0 Å². The molecule has 1 saturated heterocycles. The van der Waals surface area contributed by atoms with E-state index in [2.05, 4.69) is 49.4 Å². The van der Waals surface area contributed by atoms with E-state index in [0.29, 0.717) is 5.92 Å². The zero-order chi connectivity index (χ0) is 18.5. The van der Waals surface area contributed by atoms with Crippen molar-refractivity contribution < 1.29 is 14.4 Å². The molecule has 1 fully saturated rings. The Morgan fingerprint density at radius 2 is 1.76 bits per heavy atom. The van der Waals surface area contributed by atoms with Gasteiger partial charge < -0.3 is 4.90 Å². The van der Waals surface area contributed by atoms with Crippen LogP contribution in [0.3, 0.4) is 0 Å². The Bertz CT molecular complexity index is 801. The summed E-state index contributed by atoms with van der Waals surface area (Å²) in [4.78, 5) is 37.4. The van der Waals surface area contributed by atoms with Gasteiger partial charge in [0.2, 0.25) is 0 Å². The minimum atomic E-state index is -0.785. The SMILES string of the molecule is Cc1cc2c(cc1C=C1C(=O)NC(=O)NC1=O)C(C)CC(C)(C)N2C. The molecular formula is C19H23N3O3. The number of imide groups is 2. The highest BCUT2D eigenvalue weighted by molar-refractivity contribution is 6.31. The van der Waals surface area contributed by atoms with Crippen LogP contribution < -0.4 is 15.5 Å². The zero-order valence-corrected chi connectivity index (χ0v) is 15.2. The minimum absolute atomic E-state index is 0.0557. The van der Waals surface area contributed by atoms with Crippen molar-refractivity contribution in [2.75, 3.05) is 11.9 Å². The minimum Gasteiger partial charge on any atom is -0.369 e. The summed E-state index contributed by atoms with van der Waals surface area (Å²) in [7, 11) is 2.09. The number of amides is 4. The van der Waals surface area contributed by atoms with Gasteiger partial charge in [0, 0.05) is 18.3 Å². The van der Waals surface area contributed by atoms with Crippen molar-refractivity contribution in [1.82, 2.24) is 10.6 Å². The first-order valence-electron chi connectivity index (χ1n) is 8.37. The fraction of sp³-hybridized carbons (Fsp3) is 0.421. The van der Waals surface area contributed by atoms with Crippen molar-refractivity contribution in [2.45, 2.75) is 45.6 Å². The van der Waals surface area contributed by atoms with E-state index in [4.69, 9.17) is 0 Å². The summed E-state index contributed by atoms with van der Waals surface area (Å²) in [5.41, 5.74) is 4.18. The van der Waals surface area contributed by atoms with Crippen molar-refractivity contribution in [3.63, 3.8) is 0 Å². The molecule has 1 aromatic rings. The van der Waals surface area contributed by atoms with Crippen LogP contribution in [0.4, 0.5) is 10.5 Å². The molecule has 0 aromatic heterocycles. The second kappa shape index (κ2) is 5.72. The molecule has 2 heterocycles. The van der Waals surface area contributed by atoms with E-state index >= 15 is 0 Å². The highest BCUT2D eigenvalue weighted by atomic mass is 16.2. The van der Waals surface area contributed by atoms with Gasteiger partial charge in [-0.1, -0.05) is 6.92 Å². The first-order valence-corrected chi connectivity index (χ1v) is 8.37. The van der Waals surface area contributed by atoms with Crippen molar-refractivity contribution >= 4 is 29.6 Å². The quantitative estimate of drug-likeness (QED) is 0.607. The van der Waals surface area contributed by atoms with Gasteiger partial charge in [0.1, 0.15) is 5.57 Å². The number of hydrogen-bond acceptors (Lipinski definition) is 4. The summed E-state index contributed by atoms with van der Waals surface area (Å²) in [6, 6.07) is 3.36. The maximum Gasteiger partial charge on any atom is 0.328 e. The molecule has 132 valence electrons. The fourth-order valence-electron chi connectivity index (χ4n) is 3.65. The average Bonchev–Trinajstić information content (AvgIpc) is 2.49. The number of fused-ring (bicyclic) bond motifs is 1. The number of hydrogen-bond donors (Lipinski definition) is 2. The van der Waals surface area contributed by atoms with E-state index in [9.17, 15) is 14.4 Å². The monoisotopic (exact) mass is 341 g/mol. The van der Waals surface area contributed by atoms with Gasteiger partial charge in [-0.05, 0) is 68.0 Å². The first-order chi connectivity index (χ1) is 11.6. The van der Waals surface area contributed by atoms with E-state index < -0.39 is 17.8 Å². The van der Waals surface area contributed by atoms with Gasteiger partial charge in [0.25, 0.3) is 11.8 Å². The maximum absolute atomic E-state index is 12.0. The Morgan fingerprint density at radius 1 is 1.16 bits per heavy atom. The molecule has 1 aromatic carbocycles. The molecule has 1 unspecified atom stereocenters. The van der Waals surface area contributed by atoms with Crippen LogP contribution in [0.1, 0.15) is 49.8 Å². The van der Waals surface area contributed by atoms with Crippen LogP contribution in [0.25, 0.3) is 6.08 Å². The van der Waals surface area contributed by atoms with Gasteiger partial charge >= 0.3 is 6.03 Å². The highest BCUT2D eigenvalue weighted by Gasteiger charge is 2.34. The summed E-state index contributed by atoms with van der Waals surface area (Å²) >= 11 is 0. The second-order valence-corrected chi connectivity index (χ2v) is 7.54. The third-order valence-electron chi connectivity index (χ3n) is 5.26. The molecule has 0 aliphatic carbocycles. The first kappa shape index (κ1) is 17.2. The number of aryl methyl sites for hydroxylation is 1. The lowest BCUT2D eigenvalue weighted by Crippen LogP contribution is -2.51. The molecule has 1 atom stereocenters. The third-order valence-corrected chi connectivity index (χ3v) is 5.26. The van der Waals surface area contributed by atoms with Crippen LogP contribution >= 0.6 is 0 Å². The van der Waals surface area contributed by atoms with E-state index in [-0.39, 0.29) is 11.1 Å². The number of nitrogens with one attached hydrogen (secondary N) is 2. The molecule has 2 aliphatic heterocycles. The van der Waals surface area contributed by atoms with Gasteiger partial charge in [0.05, 0.1) is 0 Å². The van der Waals surface area contributed by atoms with Crippen molar-refractivity contribution in [2.24, 2.45) is 0 Å². The predicted octanol–water partition coefficient (Wildman–Crippen LogP) is 2.47. The molecule has 4 amide bonds. The number of carbonyl (C=O) groups excluding carboxylic acids is 3. The van der Waals surface area contributed by atoms with Crippen LogP contribution in [-0.4, -0.2) is 30.4 Å². The average molecular weight is 341 g/mol. The summed E-state index contributed by atoms with van der Waals surface area (Å²) in [6.07, 6.45) is 2.57. The molecule has 0 bridgehead atoms. The van der Waals surface area contributed by atoms with E-state index in [1.54, 1.807) is 6.08 Å². The normalized spacial score (nSPS) is 22.3. The molecule has 0 saturated carbocycles. The zero-order valence-electron chi connectivity index (χ0n) is 15.2. The molecule has 6 nitrogen and oxygen atoms in total. The Labute approximate surface area is 147 Å². The van der Waals surface area contributed by atoms with Crippen LogP contribution in [-0.2, 0) is 9.59 Å². The molecule has 0 radical (unpaired) electrons. The predicted molar refractivity (Wildman–Crippen MR) is 96.4 cm³/mol. The summed E-state index contributed by atoms with van der Waals surface area (Å²) < 4.78 is 0. The lowest BCUT2D eigenvalue weighted by atomic mass is 9.79. The summed E-state index contributed by atoms with van der Waals surface area (Å²) in [5, 5.41) is 4.20. The Hall–Kier alpha value is -2.63. The third kappa shape index (κ3) is 2.92. The number of urea groups is 1. The lowest BCUT2D eigenvalue weighted by Gasteiger charge is -2.45. The van der Waals surface area contributed by atoms with Crippen LogP contribution in [0.15, 0.2) is 17.7 Å². The standard InChI is InChI=1S/C19H23N3O3/c1-10-6-15-13(11(2)9-19(3,4)22(15)5)7-12(10)8-14-16(23)20-18(25)21-17(14)24/h6-8,11H,9H2,1-5H3,(H2,20,21,23,24,25). The number of benzene rings is 1. The van der Waals surface area contributed by atoms with E-state index in [0.717, 1.165) is 17.5 Å². The Kier molecular flexibility index (Phi) is 3.94. The van der Waals surface area contributed by atoms with Gasteiger partial charge in [-0.2, -0.15) is 0 Å². The molecule has 2 N–H and O–H groups in total. The molecule has 0 spiro atoms. The number of barbiturate groups is 1. The number of nitrogens with zero attached hydrogens (tertiary/aromatic N) is 1. The topological polar surface area (TPSA) is 78.5 Å². The van der Waals surface area contributed by atoms with Gasteiger partial charge in [-0.25, -0.2) is 4.79 Å². The molecule has 25 heavy (non-hydrogen) atoms. The number of anilines is 1. The Morgan fingerprint density at radius 3 is 2.36 bits per heavy atom. The van der Waals surface area contributed by atoms with E-state index in [1.807, 2.05) is 13.0 Å².